The van der Waals surface area contributed by atoms with Crippen molar-refractivity contribution < 1.29 is 14.3 Å². The third-order valence-corrected chi connectivity index (χ3v) is 2.97. The highest BCUT2D eigenvalue weighted by molar-refractivity contribution is 5.89. The molecule has 3 nitrogen and oxygen atoms in total. The van der Waals surface area contributed by atoms with Crippen LogP contribution in [0.1, 0.15) is 43.0 Å². The molecule has 1 aliphatic carbocycles. The number of esters is 1. The van der Waals surface area contributed by atoms with Crippen LogP contribution in [0.25, 0.3) is 0 Å². The highest BCUT2D eigenvalue weighted by Gasteiger charge is 2.16. The Morgan fingerprint density at radius 2 is 1.88 bits per heavy atom. The van der Waals surface area contributed by atoms with Gasteiger partial charge in [-0.1, -0.05) is 0 Å². The number of ether oxygens (including phenoxy) is 2. The molecule has 2 rings (SSSR count). The zero-order chi connectivity index (χ0) is 12.1. The summed E-state index contributed by atoms with van der Waals surface area (Å²) in [4.78, 5) is 11.4. The molecule has 0 bridgehead atoms. The zero-order valence-electron chi connectivity index (χ0n) is 10.1. The summed E-state index contributed by atoms with van der Waals surface area (Å²) in [5.74, 6) is 0.560. The molecule has 1 aromatic carbocycles. The van der Waals surface area contributed by atoms with E-state index in [9.17, 15) is 4.79 Å². The average Bonchev–Trinajstić information content (AvgIpc) is 2.83. The number of hydrogen-bond acceptors (Lipinski definition) is 3. The van der Waals surface area contributed by atoms with Gasteiger partial charge in [0.2, 0.25) is 0 Å². The Morgan fingerprint density at radius 1 is 1.24 bits per heavy atom. The first kappa shape index (κ1) is 12.0. The first-order valence-electron chi connectivity index (χ1n) is 6.23. The summed E-state index contributed by atoms with van der Waals surface area (Å²) < 4.78 is 10.7. The number of rotatable bonds is 4. The Balaban J connectivity index is 1.94. The second kappa shape index (κ2) is 5.71. The second-order valence-electron chi connectivity index (χ2n) is 4.27. The van der Waals surface area contributed by atoms with Gasteiger partial charge in [-0.15, -0.1) is 0 Å². The molecule has 0 aliphatic heterocycles. The largest absolute Gasteiger partial charge is 0.490 e. The van der Waals surface area contributed by atoms with Crippen molar-refractivity contribution in [3.8, 4) is 5.75 Å². The molecule has 17 heavy (non-hydrogen) atoms. The average molecular weight is 234 g/mol. The molecule has 1 saturated carbocycles. The van der Waals surface area contributed by atoms with Crippen molar-refractivity contribution in [2.24, 2.45) is 0 Å². The van der Waals surface area contributed by atoms with Crippen LogP contribution in [0.4, 0.5) is 0 Å². The minimum atomic E-state index is -0.278. The van der Waals surface area contributed by atoms with Crippen molar-refractivity contribution in [1.29, 1.82) is 0 Å². The Morgan fingerprint density at radius 3 is 2.47 bits per heavy atom. The molecule has 3 heteroatoms. The molecule has 0 N–H and O–H groups in total. The summed E-state index contributed by atoms with van der Waals surface area (Å²) in [6, 6.07) is 7.18. The second-order valence-corrected chi connectivity index (χ2v) is 4.27. The third-order valence-electron chi connectivity index (χ3n) is 2.97. The van der Waals surface area contributed by atoms with Crippen molar-refractivity contribution in [1.82, 2.24) is 0 Å². The third kappa shape index (κ3) is 3.22. The van der Waals surface area contributed by atoms with E-state index in [0.29, 0.717) is 18.3 Å². The van der Waals surface area contributed by atoms with Gasteiger partial charge in [0, 0.05) is 0 Å². The summed E-state index contributed by atoms with van der Waals surface area (Å²) in [7, 11) is 0. The van der Waals surface area contributed by atoms with Gasteiger partial charge in [-0.2, -0.15) is 0 Å². The topological polar surface area (TPSA) is 35.5 Å². The predicted molar refractivity (Wildman–Crippen MR) is 65.3 cm³/mol. The lowest BCUT2D eigenvalue weighted by Gasteiger charge is -2.13. The molecule has 0 saturated heterocycles. The molecular formula is C14H18O3. The molecular weight excluding hydrogens is 216 g/mol. The van der Waals surface area contributed by atoms with Crippen LogP contribution >= 0.6 is 0 Å². The van der Waals surface area contributed by atoms with Crippen molar-refractivity contribution in [2.45, 2.75) is 38.7 Å². The van der Waals surface area contributed by atoms with E-state index in [2.05, 4.69) is 0 Å². The minimum absolute atomic E-state index is 0.278. The van der Waals surface area contributed by atoms with Crippen LogP contribution in [-0.2, 0) is 4.74 Å². The molecule has 0 unspecified atom stereocenters. The van der Waals surface area contributed by atoms with Crippen LogP contribution in [0.5, 0.6) is 5.75 Å². The van der Waals surface area contributed by atoms with Crippen LogP contribution in [0.2, 0.25) is 0 Å². The van der Waals surface area contributed by atoms with Crippen molar-refractivity contribution >= 4 is 5.97 Å². The normalized spacial score (nSPS) is 15.8. The van der Waals surface area contributed by atoms with Crippen molar-refractivity contribution in [3.05, 3.63) is 29.8 Å². The fourth-order valence-corrected chi connectivity index (χ4v) is 2.08. The number of carbonyl (C=O) groups is 1. The molecule has 0 atom stereocenters. The highest BCUT2D eigenvalue weighted by atomic mass is 16.5. The fraction of sp³-hybridized carbons (Fsp3) is 0.500. The van der Waals surface area contributed by atoms with Gasteiger partial charge in [-0.25, -0.2) is 4.79 Å². The van der Waals surface area contributed by atoms with Crippen LogP contribution in [0.3, 0.4) is 0 Å². The summed E-state index contributed by atoms with van der Waals surface area (Å²) in [5.41, 5.74) is 0.575. The Hall–Kier alpha value is -1.51. The predicted octanol–water partition coefficient (Wildman–Crippen LogP) is 3.18. The standard InChI is InChI=1S/C14H18O3/c1-2-16-14(15)11-7-9-13(10-8-11)17-12-5-3-4-6-12/h7-10,12H,2-6H2,1H3. The maximum Gasteiger partial charge on any atom is 0.338 e. The van der Waals surface area contributed by atoms with E-state index >= 15 is 0 Å². The van der Waals surface area contributed by atoms with Crippen LogP contribution in [0.15, 0.2) is 24.3 Å². The minimum Gasteiger partial charge on any atom is -0.490 e. The van der Waals surface area contributed by atoms with Crippen molar-refractivity contribution in [2.75, 3.05) is 6.61 Å². The zero-order valence-corrected chi connectivity index (χ0v) is 10.1. The quantitative estimate of drug-likeness (QED) is 0.750. The van der Waals surface area contributed by atoms with Gasteiger partial charge in [0.05, 0.1) is 18.3 Å². The molecule has 92 valence electrons. The first-order chi connectivity index (χ1) is 8.29. The highest BCUT2D eigenvalue weighted by Crippen LogP contribution is 2.24. The molecule has 0 radical (unpaired) electrons. The maximum atomic E-state index is 11.4. The number of hydrogen-bond donors (Lipinski definition) is 0. The van der Waals surface area contributed by atoms with Gasteiger partial charge in [0.15, 0.2) is 0 Å². The summed E-state index contributed by atoms with van der Waals surface area (Å²) in [6.07, 6.45) is 5.14. The molecule has 1 aromatic rings. The molecule has 0 heterocycles. The molecule has 0 aromatic heterocycles. The maximum absolute atomic E-state index is 11.4. The van der Waals surface area contributed by atoms with E-state index in [1.807, 2.05) is 12.1 Å². The van der Waals surface area contributed by atoms with Crippen LogP contribution in [-0.4, -0.2) is 18.7 Å². The summed E-state index contributed by atoms with van der Waals surface area (Å²) in [6.45, 7) is 2.20. The Labute approximate surface area is 102 Å². The van der Waals surface area contributed by atoms with Crippen LogP contribution < -0.4 is 4.74 Å². The Kier molecular flexibility index (Phi) is 4.02. The van der Waals surface area contributed by atoms with E-state index in [0.717, 1.165) is 18.6 Å². The van der Waals surface area contributed by atoms with Crippen LogP contribution in [0, 0.1) is 0 Å². The SMILES string of the molecule is CCOC(=O)c1ccc(OC2CCCC2)cc1. The molecule has 0 amide bonds. The van der Waals surface area contributed by atoms with Crippen molar-refractivity contribution in [3.63, 3.8) is 0 Å². The van der Waals surface area contributed by atoms with Gasteiger partial charge in [-0.05, 0) is 56.9 Å². The molecule has 0 spiro atoms. The lowest BCUT2D eigenvalue weighted by Crippen LogP contribution is -2.11. The lowest BCUT2D eigenvalue weighted by atomic mass is 10.2. The van der Waals surface area contributed by atoms with Gasteiger partial charge >= 0.3 is 5.97 Å². The molecule has 1 fully saturated rings. The van der Waals surface area contributed by atoms with E-state index in [4.69, 9.17) is 9.47 Å². The van der Waals surface area contributed by atoms with Gasteiger partial charge in [0.25, 0.3) is 0 Å². The smallest absolute Gasteiger partial charge is 0.338 e. The summed E-state index contributed by atoms with van der Waals surface area (Å²) >= 11 is 0. The van der Waals surface area contributed by atoms with Gasteiger partial charge < -0.3 is 9.47 Å². The van der Waals surface area contributed by atoms with Gasteiger partial charge in [-0.3, -0.25) is 0 Å². The number of benzene rings is 1. The fourth-order valence-electron chi connectivity index (χ4n) is 2.08. The Bertz CT molecular complexity index is 364. The number of carbonyl (C=O) groups excluding carboxylic acids is 1. The first-order valence-corrected chi connectivity index (χ1v) is 6.23. The van der Waals surface area contributed by atoms with E-state index in [-0.39, 0.29) is 5.97 Å². The van der Waals surface area contributed by atoms with E-state index < -0.39 is 0 Å². The monoisotopic (exact) mass is 234 g/mol. The molecule has 1 aliphatic rings. The summed E-state index contributed by atoms with van der Waals surface area (Å²) in [5, 5.41) is 0. The van der Waals surface area contributed by atoms with Gasteiger partial charge in [0.1, 0.15) is 5.75 Å². The van der Waals surface area contributed by atoms with E-state index in [1.54, 1.807) is 19.1 Å². The lowest BCUT2D eigenvalue weighted by molar-refractivity contribution is 0.0526. The van der Waals surface area contributed by atoms with E-state index in [1.165, 1.54) is 12.8 Å².